The Bertz CT molecular complexity index is 1050. The van der Waals surface area contributed by atoms with Gasteiger partial charge >= 0.3 is 0 Å². The lowest BCUT2D eigenvalue weighted by Gasteiger charge is -2.37. The average molecular weight is 449 g/mol. The first kappa shape index (κ1) is 23.3. The number of aliphatic hydroxyl groups is 1. The van der Waals surface area contributed by atoms with Crippen LogP contribution in [0.15, 0.2) is 54.6 Å². The molecule has 2 aromatic carbocycles. The van der Waals surface area contributed by atoms with Gasteiger partial charge in [-0.25, -0.2) is 14.4 Å². The predicted molar refractivity (Wildman–Crippen MR) is 130 cm³/mol. The maximum absolute atomic E-state index is 13.8. The van der Waals surface area contributed by atoms with E-state index in [9.17, 15) is 9.50 Å². The Balaban J connectivity index is 1.44. The number of nitrogens with zero attached hydrogens (tertiary/aromatic N) is 4. The Hall–Kier alpha value is -2.83. The number of aryl methyl sites for hydroxylation is 2. The quantitative estimate of drug-likeness (QED) is 0.568. The van der Waals surface area contributed by atoms with Crippen LogP contribution in [0.2, 0.25) is 0 Å². The van der Waals surface area contributed by atoms with Crippen LogP contribution in [0.5, 0.6) is 0 Å². The molecule has 1 N–H and O–H groups in total. The Morgan fingerprint density at radius 2 is 1.70 bits per heavy atom. The number of aliphatic hydroxyl groups excluding tert-OH is 1. The van der Waals surface area contributed by atoms with Crippen LogP contribution in [0, 0.1) is 12.7 Å². The molecule has 1 saturated heterocycles. The first-order valence-electron chi connectivity index (χ1n) is 11.8. The lowest BCUT2D eigenvalue weighted by Crippen LogP contribution is -2.49. The van der Waals surface area contributed by atoms with E-state index in [0.717, 1.165) is 66.6 Å². The molecule has 0 amide bonds. The van der Waals surface area contributed by atoms with E-state index in [2.05, 4.69) is 33.8 Å². The predicted octanol–water partition coefficient (Wildman–Crippen LogP) is 3.80. The van der Waals surface area contributed by atoms with E-state index < -0.39 is 0 Å². The van der Waals surface area contributed by atoms with Gasteiger partial charge in [0.15, 0.2) is 0 Å². The van der Waals surface area contributed by atoms with Gasteiger partial charge in [-0.15, -0.1) is 0 Å². The monoisotopic (exact) mass is 448 g/mol. The first-order chi connectivity index (χ1) is 16.0. The molecule has 0 radical (unpaired) electrons. The Kier molecular flexibility index (Phi) is 7.68. The van der Waals surface area contributed by atoms with Gasteiger partial charge in [-0.3, -0.25) is 4.90 Å². The molecule has 1 fully saturated rings. The molecule has 0 unspecified atom stereocenters. The van der Waals surface area contributed by atoms with Crippen molar-refractivity contribution in [3.8, 4) is 0 Å². The van der Waals surface area contributed by atoms with Crippen LogP contribution in [0.25, 0.3) is 0 Å². The van der Waals surface area contributed by atoms with E-state index in [1.54, 1.807) is 12.1 Å². The number of β-amino-alcohol motifs (C(OH)–C–C–N with tert-alkyl or cyclic N) is 1. The average Bonchev–Trinajstić information content (AvgIpc) is 2.81. The molecule has 2 heterocycles. The van der Waals surface area contributed by atoms with Crippen molar-refractivity contribution in [2.24, 2.45) is 0 Å². The van der Waals surface area contributed by atoms with Gasteiger partial charge in [0, 0.05) is 50.4 Å². The molecule has 6 heteroatoms. The van der Waals surface area contributed by atoms with E-state index in [0.29, 0.717) is 19.4 Å². The zero-order valence-corrected chi connectivity index (χ0v) is 19.5. The van der Waals surface area contributed by atoms with Crippen LogP contribution in [0.1, 0.15) is 35.1 Å². The molecule has 3 aromatic rings. The van der Waals surface area contributed by atoms with E-state index in [4.69, 9.17) is 4.98 Å². The van der Waals surface area contributed by atoms with Gasteiger partial charge in [0.05, 0.1) is 6.10 Å². The van der Waals surface area contributed by atoms with Gasteiger partial charge in [0.25, 0.3) is 0 Å². The second kappa shape index (κ2) is 10.9. The van der Waals surface area contributed by atoms with E-state index >= 15 is 0 Å². The number of rotatable bonds is 8. The third-order valence-corrected chi connectivity index (χ3v) is 6.24. The fraction of sp³-hybridized carbons (Fsp3) is 0.407. The Morgan fingerprint density at radius 1 is 0.970 bits per heavy atom. The summed E-state index contributed by atoms with van der Waals surface area (Å²) in [4.78, 5) is 14.2. The number of halogens is 1. The van der Waals surface area contributed by atoms with E-state index in [1.807, 2.05) is 31.2 Å². The maximum atomic E-state index is 13.8. The number of anilines is 1. The topological polar surface area (TPSA) is 52.5 Å². The van der Waals surface area contributed by atoms with Gasteiger partial charge in [-0.05, 0) is 43.0 Å². The lowest BCUT2D eigenvalue weighted by atomic mass is 10.0. The molecule has 0 saturated carbocycles. The summed E-state index contributed by atoms with van der Waals surface area (Å²) in [5, 5.41) is 10.6. The molecule has 4 rings (SSSR count). The molecule has 174 valence electrons. The van der Waals surface area contributed by atoms with Crippen LogP contribution in [-0.4, -0.2) is 58.8 Å². The summed E-state index contributed by atoms with van der Waals surface area (Å²) in [6.07, 6.45) is 1.72. The highest BCUT2D eigenvalue weighted by Crippen LogP contribution is 2.26. The van der Waals surface area contributed by atoms with E-state index in [1.165, 1.54) is 6.07 Å². The second-order valence-corrected chi connectivity index (χ2v) is 8.81. The maximum Gasteiger partial charge on any atom is 0.136 e. The fourth-order valence-electron chi connectivity index (χ4n) is 4.61. The van der Waals surface area contributed by atoms with Gasteiger partial charge in [-0.2, -0.15) is 0 Å². The SMILES string of the molecule is CCc1nc(C)nc(N2CCN(C[C@H](O)Cc3ccccc3)CC2)c1Cc1cccc(F)c1. The molecule has 1 aromatic heterocycles. The Morgan fingerprint density at radius 3 is 2.39 bits per heavy atom. The summed E-state index contributed by atoms with van der Waals surface area (Å²) in [7, 11) is 0. The van der Waals surface area contributed by atoms with Crippen molar-refractivity contribution < 1.29 is 9.50 Å². The molecule has 0 aliphatic carbocycles. The molecule has 1 aliphatic rings. The lowest BCUT2D eigenvalue weighted by molar-refractivity contribution is 0.109. The number of hydrogen-bond acceptors (Lipinski definition) is 5. The van der Waals surface area contributed by atoms with Crippen molar-refractivity contribution in [1.82, 2.24) is 14.9 Å². The Labute approximate surface area is 195 Å². The number of benzene rings is 2. The van der Waals surface area contributed by atoms with Crippen LogP contribution in [-0.2, 0) is 19.3 Å². The highest BCUT2D eigenvalue weighted by molar-refractivity contribution is 5.52. The molecule has 5 nitrogen and oxygen atoms in total. The van der Waals surface area contributed by atoms with Crippen molar-refractivity contribution >= 4 is 5.82 Å². The van der Waals surface area contributed by atoms with E-state index in [-0.39, 0.29) is 11.9 Å². The van der Waals surface area contributed by atoms with Crippen LogP contribution < -0.4 is 4.90 Å². The van der Waals surface area contributed by atoms with Crippen molar-refractivity contribution in [2.75, 3.05) is 37.6 Å². The smallest absolute Gasteiger partial charge is 0.136 e. The zero-order valence-electron chi connectivity index (χ0n) is 19.5. The number of hydrogen-bond donors (Lipinski definition) is 1. The normalized spacial score (nSPS) is 15.6. The summed E-state index contributed by atoms with van der Waals surface area (Å²) in [5.41, 5.74) is 4.21. The minimum absolute atomic E-state index is 0.220. The fourth-order valence-corrected chi connectivity index (χ4v) is 4.61. The summed E-state index contributed by atoms with van der Waals surface area (Å²) in [6.45, 7) is 8.13. The van der Waals surface area contributed by atoms with Crippen molar-refractivity contribution in [2.45, 2.75) is 39.2 Å². The molecule has 1 aliphatic heterocycles. The molecule has 33 heavy (non-hydrogen) atoms. The first-order valence-corrected chi connectivity index (χ1v) is 11.8. The minimum Gasteiger partial charge on any atom is -0.391 e. The molecule has 1 atom stereocenters. The third-order valence-electron chi connectivity index (χ3n) is 6.24. The van der Waals surface area contributed by atoms with Crippen molar-refractivity contribution in [3.63, 3.8) is 0 Å². The van der Waals surface area contributed by atoms with Crippen LogP contribution >= 0.6 is 0 Å². The molecule has 0 bridgehead atoms. The summed E-state index contributed by atoms with van der Waals surface area (Å²) in [5.74, 6) is 1.52. The largest absolute Gasteiger partial charge is 0.391 e. The second-order valence-electron chi connectivity index (χ2n) is 8.81. The van der Waals surface area contributed by atoms with Crippen molar-refractivity contribution in [1.29, 1.82) is 0 Å². The number of aromatic nitrogens is 2. The van der Waals surface area contributed by atoms with Crippen LogP contribution in [0.3, 0.4) is 0 Å². The summed E-state index contributed by atoms with van der Waals surface area (Å²) in [6, 6.07) is 16.9. The van der Waals surface area contributed by atoms with Crippen molar-refractivity contribution in [3.05, 3.63) is 88.6 Å². The van der Waals surface area contributed by atoms with Gasteiger partial charge < -0.3 is 10.0 Å². The molecular formula is C27H33FN4O. The van der Waals surface area contributed by atoms with Gasteiger partial charge in [-0.1, -0.05) is 49.4 Å². The number of piperazine rings is 1. The van der Waals surface area contributed by atoms with Gasteiger partial charge in [0.2, 0.25) is 0 Å². The van der Waals surface area contributed by atoms with Gasteiger partial charge in [0.1, 0.15) is 17.5 Å². The highest BCUT2D eigenvalue weighted by Gasteiger charge is 2.24. The summed E-state index contributed by atoms with van der Waals surface area (Å²) < 4.78 is 13.8. The third kappa shape index (κ3) is 6.15. The molecular weight excluding hydrogens is 415 g/mol. The zero-order chi connectivity index (χ0) is 23.2. The van der Waals surface area contributed by atoms with Crippen LogP contribution in [0.4, 0.5) is 10.2 Å². The minimum atomic E-state index is -0.379. The highest BCUT2D eigenvalue weighted by atomic mass is 19.1. The standard InChI is InChI=1S/C27H33FN4O/c1-3-26-25(18-22-10-7-11-23(28)16-22)27(30-20(2)29-26)32-14-12-31(13-15-32)19-24(33)17-21-8-5-4-6-9-21/h4-11,16,24,33H,3,12-15,17-19H2,1-2H3/t24-/m1/s1. The molecule has 0 spiro atoms. The summed E-state index contributed by atoms with van der Waals surface area (Å²) >= 11 is 0.